The van der Waals surface area contributed by atoms with Crippen LogP contribution in [0.1, 0.15) is 12.8 Å². The number of fused-ring (bicyclic) bond motifs is 1. The van der Waals surface area contributed by atoms with Crippen LogP contribution in [-0.4, -0.2) is 53.0 Å². The van der Waals surface area contributed by atoms with E-state index in [1.807, 2.05) is 37.2 Å². The maximum atomic E-state index is 12.7. The van der Waals surface area contributed by atoms with Crippen molar-refractivity contribution in [3.8, 4) is 0 Å². The Kier molecular flexibility index (Phi) is 7.00. The van der Waals surface area contributed by atoms with Gasteiger partial charge < -0.3 is 20.5 Å². The number of hydrogen-bond acceptors (Lipinski definition) is 6. The summed E-state index contributed by atoms with van der Waals surface area (Å²) in [6.45, 7) is 0.0454. The van der Waals surface area contributed by atoms with Crippen LogP contribution in [0.3, 0.4) is 0 Å². The molecule has 0 radical (unpaired) electrons. The third-order valence-corrected chi connectivity index (χ3v) is 5.61. The van der Waals surface area contributed by atoms with Crippen LogP contribution in [0.4, 0.5) is 10.5 Å². The molecule has 8 nitrogen and oxygen atoms in total. The van der Waals surface area contributed by atoms with Crippen molar-refractivity contribution in [2.75, 3.05) is 32.1 Å². The van der Waals surface area contributed by atoms with Gasteiger partial charge in [0.2, 0.25) is 10.0 Å². The van der Waals surface area contributed by atoms with Gasteiger partial charge in [0.25, 0.3) is 0 Å². The molecule has 0 fully saturated rings. The molecule has 1 unspecified atom stereocenters. The van der Waals surface area contributed by atoms with Crippen LogP contribution < -0.4 is 15.4 Å². The Balaban J connectivity index is 2.09. The van der Waals surface area contributed by atoms with Gasteiger partial charge in [0.1, 0.15) is 0 Å². The smallest absolute Gasteiger partial charge is 0.404 e. The minimum absolute atomic E-state index is 0.0140. The second-order valence-corrected chi connectivity index (χ2v) is 8.05. The molecule has 1 atom stereocenters. The van der Waals surface area contributed by atoms with Crippen LogP contribution in [0.25, 0.3) is 10.8 Å². The number of carbonyl (C=O) groups excluding carboxylic acids is 1. The third-order valence-electron chi connectivity index (χ3n) is 4.10. The molecule has 2 aromatic rings. The highest BCUT2D eigenvalue weighted by atomic mass is 32.2. The van der Waals surface area contributed by atoms with Gasteiger partial charge in [-0.2, -0.15) is 0 Å². The van der Waals surface area contributed by atoms with Crippen molar-refractivity contribution in [1.29, 1.82) is 0 Å². The van der Waals surface area contributed by atoms with Crippen molar-refractivity contribution in [3.63, 3.8) is 0 Å². The fourth-order valence-corrected chi connectivity index (χ4v) is 4.03. The highest BCUT2D eigenvalue weighted by Gasteiger charge is 2.18. The molecule has 2 aromatic carbocycles. The molecule has 0 saturated heterocycles. The number of rotatable bonds is 9. The van der Waals surface area contributed by atoms with Gasteiger partial charge in [-0.15, -0.1) is 0 Å². The second kappa shape index (κ2) is 9.03. The minimum atomic E-state index is -3.74. The number of ether oxygens (including phenoxy) is 1. The average molecular weight is 395 g/mol. The molecule has 2 rings (SSSR count). The molecule has 0 aliphatic heterocycles. The summed E-state index contributed by atoms with van der Waals surface area (Å²) in [6.07, 6.45) is -1.34. The molecule has 0 saturated carbocycles. The van der Waals surface area contributed by atoms with E-state index >= 15 is 0 Å². The lowest BCUT2D eigenvalue weighted by Crippen LogP contribution is -2.28. The summed E-state index contributed by atoms with van der Waals surface area (Å²) in [6, 6.07) is 10.7. The molecule has 0 spiro atoms. The maximum absolute atomic E-state index is 12.7. The zero-order chi connectivity index (χ0) is 20.0. The largest absolute Gasteiger partial charge is 0.450 e. The Hall–Kier alpha value is -2.36. The number of nitrogens with one attached hydrogen (secondary N) is 1. The first-order chi connectivity index (χ1) is 12.7. The van der Waals surface area contributed by atoms with Gasteiger partial charge in [-0.05, 0) is 18.6 Å². The molecular weight excluding hydrogens is 370 g/mol. The van der Waals surface area contributed by atoms with Gasteiger partial charge in [0, 0.05) is 43.5 Å². The lowest BCUT2D eigenvalue weighted by atomic mass is 10.1. The van der Waals surface area contributed by atoms with Gasteiger partial charge in [0.05, 0.1) is 17.6 Å². The highest BCUT2D eigenvalue weighted by Crippen LogP contribution is 2.30. The van der Waals surface area contributed by atoms with Crippen LogP contribution in [0.5, 0.6) is 0 Å². The van der Waals surface area contributed by atoms with Crippen LogP contribution in [0.15, 0.2) is 41.3 Å². The lowest BCUT2D eigenvalue weighted by molar-refractivity contribution is 0.107. The number of hydrogen-bond donors (Lipinski definition) is 3. The number of aliphatic hydroxyl groups is 1. The van der Waals surface area contributed by atoms with Crippen LogP contribution in [0.2, 0.25) is 0 Å². The zero-order valence-corrected chi connectivity index (χ0v) is 16.2. The van der Waals surface area contributed by atoms with E-state index in [2.05, 4.69) is 9.46 Å². The number of sulfonamides is 1. The third kappa shape index (κ3) is 5.56. The quantitative estimate of drug-likeness (QED) is 0.590. The molecule has 0 bridgehead atoms. The predicted molar refractivity (Wildman–Crippen MR) is 104 cm³/mol. The number of nitrogens with two attached hydrogens (primary N) is 1. The molecule has 27 heavy (non-hydrogen) atoms. The van der Waals surface area contributed by atoms with Crippen LogP contribution >= 0.6 is 0 Å². The number of benzene rings is 2. The molecule has 0 heterocycles. The molecule has 0 aliphatic carbocycles. The molecule has 0 aromatic heterocycles. The standard InChI is InChI=1S/C18H25N3O5S/c1-21(2)16-7-3-6-15-14(16)5-4-8-17(15)27(24,25)20-11-9-13(22)10-12-26-18(19)23/h3-8,13,20,22H,9-12H2,1-2H3,(H2,19,23). The van der Waals surface area contributed by atoms with Crippen LogP contribution in [0, 0.1) is 0 Å². The van der Waals surface area contributed by atoms with Gasteiger partial charge in [-0.25, -0.2) is 17.9 Å². The number of primary amides is 1. The summed E-state index contributed by atoms with van der Waals surface area (Å²) >= 11 is 0. The Bertz CT molecular complexity index is 899. The summed E-state index contributed by atoms with van der Waals surface area (Å²) in [5.41, 5.74) is 5.76. The van der Waals surface area contributed by atoms with Gasteiger partial charge >= 0.3 is 6.09 Å². The van der Waals surface area contributed by atoms with E-state index < -0.39 is 22.2 Å². The summed E-state index contributed by atoms with van der Waals surface area (Å²) in [7, 11) is 0.0567. The van der Waals surface area contributed by atoms with Crippen molar-refractivity contribution < 1.29 is 23.1 Å². The fraction of sp³-hybridized carbons (Fsp3) is 0.389. The van der Waals surface area contributed by atoms with E-state index in [4.69, 9.17) is 5.73 Å². The van der Waals surface area contributed by atoms with Crippen molar-refractivity contribution in [3.05, 3.63) is 36.4 Å². The van der Waals surface area contributed by atoms with E-state index in [9.17, 15) is 18.3 Å². The van der Waals surface area contributed by atoms with Gasteiger partial charge in [0.15, 0.2) is 0 Å². The first kappa shape index (κ1) is 20.9. The van der Waals surface area contributed by atoms with E-state index in [0.717, 1.165) is 11.1 Å². The minimum Gasteiger partial charge on any atom is -0.450 e. The van der Waals surface area contributed by atoms with E-state index in [0.29, 0.717) is 5.39 Å². The lowest BCUT2D eigenvalue weighted by Gasteiger charge is -2.17. The zero-order valence-electron chi connectivity index (χ0n) is 15.4. The number of aliphatic hydroxyl groups excluding tert-OH is 1. The Morgan fingerprint density at radius 1 is 1.19 bits per heavy atom. The summed E-state index contributed by atoms with van der Waals surface area (Å²) in [5.74, 6) is 0. The summed E-state index contributed by atoms with van der Waals surface area (Å²) in [5, 5.41) is 11.3. The van der Waals surface area contributed by atoms with E-state index in [1.54, 1.807) is 18.2 Å². The Labute approximate surface area is 159 Å². The molecule has 9 heteroatoms. The topological polar surface area (TPSA) is 122 Å². The fourth-order valence-electron chi connectivity index (χ4n) is 2.77. The second-order valence-electron chi connectivity index (χ2n) is 6.32. The number of nitrogens with zero attached hydrogens (tertiary/aromatic N) is 1. The predicted octanol–water partition coefficient (Wildman–Crippen LogP) is 1.42. The summed E-state index contributed by atoms with van der Waals surface area (Å²) < 4.78 is 32.5. The summed E-state index contributed by atoms with van der Waals surface area (Å²) in [4.78, 5) is 12.6. The molecule has 1 amide bonds. The van der Waals surface area contributed by atoms with E-state index in [1.165, 1.54) is 0 Å². The van der Waals surface area contributed by atoms with Crippen molar-refractivity contribution in [2.24, 2.45) is 5.73 Å². The normalized spacial score (nSPS) is 12.7. The van der Waals surface area contributed by atoms with Crippen molar-refractivity contribution >= 4 is 32.6 Å². The number of carbonyl (C=O) groups is 1. The first-order valence-electron chi connectivity index (χ1n) is 8.51. The number of anilines is 1. The first-order valence-corrected chi connectivity index (χ1v) is 9.99. The maximum Gasteiger partial charge on any atom is 0.404 e. The molecule has 4 N–H and O–H groups in total. The molecule has 148 valence electrons. The monoisotopic (exact) mass is 395 g/mol. The SMILES string of the molecule is CN(C)c1cccc2c(S(=O)(=O)NCCC(O)CCOC(N)=O)cccc12. The highest BCUT2D eigenvalue weighted by molar-refractivity contribution is 7.89. The average Bonchev–Trinajstić information content (AvgIpc) is 2.60. The molecular formula is C18H25N3O5S. The number of amides is 1. The Morgan fingerprint density at radius 3 is 2.52 bits per heavy atom. The van der Waals surface area contributed by atoms with E-state index in [-0.39, 0.29) is 30.9 Å². The van der Waals surface area contributed by atoms with Gasteiger partial charge in [-0.3, -0.25) is 0 Å². The van der Waals surface area contributed by atoms with Crippen molar-refractivity contribution in [1.82, 2.24) is 4.72 Å². The Morgan fingerprint density at radius 2 is 1.85 bits per heavy atom. The van der Waals surface area contributed by atoms with Gasteiger partial charge in [-0.1, -0.05) is 24.3 Å². The molecule has 0 aliphatic rings. The van der Waals surface area contributed by atoms with Crippen LogP contribution in [-0.2, 0) is 14.8 Å². The van der Waals surface area contributed by atoms with Crippen molar-refractivity contribution in [2.45, 2.75) is 23.8 Å².